The van der Waals surface area contributed by atoms with Gasteiger partial charge in [0.25, 0.3) is 0 Å². The molecule has 21 heavy (non-hydrogen) atoms. The Morgan fingerprint density at radius 2 is 1.95 bits per heavy atom. The number of hydrogen-bond donors (Lipinski definition) is 2. The molecule has 0 radical (unpaired) electrons. The zero-order chi connectivity index (χ0) is 15.2. The molecule has 0 bridgehead atoms. The Morgan fingerprint density at radius 1 is 1.19 bits per heavy atom. The first-order chi connectivity index (χ1) is 10.0. The van der Waals surface area contributed by atoms with E-state index in [1.165, 1.54) is 25.7 Å². The van der Waals surface area contributed by atoms with Crippen molar-refractivity contribution < 1.29 is 14.7 Å². The lowest BCUT2D eigenvalue weighted by molar-refractivity contribution is -0.138. The highest BCUT2D eigenvalue weighted by molar-refractivity contribution is 5.74. The fourth-order valence-electron chi connectivity index (χ4n) is 3.75. The van der Waals surface area contributed by atoms with E-state index < -0.39 is 5.97 Å². The van der Waals surface area contributed by atoms with Gasteiger partial charge in [-0.1, -0.05) is 19.8 Å². The van der Waals surface area contributed by atoms with Crippen LogP contribution >= 0.6 is 0 Å². The van der Waals surface area contributed by atoms with Crippen molar-refractivity contribution in [2.75, 3.05) is 19.6 Å². The molecule has 2 rings (SSSR count). The lowest BCUT2D eigenvalue weighted by Crippen LogP contribution is -2.47. The topological polar surface area (TPSA) is 69.6 Å². The van der Waals surface area contributed by atoms with Crippen molar-refractivity contribution >= 4 is 12.0 Å². The molecule has 1 heterocycles. The number of aliphatic carboxylic acids is 1. The van der Waals surface area contributed by atoms with Crippen LogP contribution in [-0.2, 0) is 4.79 Å². The number of carboxylic acid groups (broad SMARTS) is 1. The quantitative estimate of drug-likeness (QED) is 0.838. The summed E-state index contributed by atoms with van der Waals surface area (Å²) < 4.78 is 0. The molecule has 120 valence electrons. The van der Waals surface area contributed by atoms with E-state index in [9.17, 15) is 9.59 Å². The molecule has 2 N–H and O–H groups in total. The van der Waals surface area contributed by atoms with Crippen LogP contribution in [0.25, 0.3) is 0 Å². The van der Waals surface area contributed by atoms with Crippen LogP contribution in [0, 0.1) is 17.8 Å². The van der Waals surface area contributed by atoms with Crippen LogP contribution < -0.4 is 5.32 Å². The Bertz CT molecular complexity index is 373. The minimum absolute atomic E-state index is 0.0108. The molecule has 5 nitrogen and oxygen atoms in total. The third kappa shape index (κ3) is 5.21. The van der Waals surface area contributed by atoms with Gasteiger partial charge in [-0.15, -0.1) is 0 Å². The highest BCUT2D eigenvalue weighted by Gasteiger charge is 2.26. The van der Waals surface area contributed by atoms with Gasteiger partial charge in [-0.05, 0) is 43.4 Å². The highest BCUT2D eigenvalue weighted by Crippen LogP contribution is 2.28. The predicted octanol–water partition coefficient (Wildman–Crippen LogP) is 2.71. The van der Waals surface area contributed by atoms with Crippen molar-refractivity contribution in [3.8, 4) is 0 Å². The van der Waals surface area contributed by atoms with Gasteiger partial charge in [-0.3, -0.25) is 4.79 Å². The zero-order valence-corrected chi connectivity index (χ0v) is 13.0. The lowest BCUT2D eigenvalue weighted by atomic mass is 9.82. The number of amides is 2. The number of likely N-dealkylation sites (tertiary alicyclic amines) is 1. The fraction of sp³-hybridized carbons (Fsp3) is 0.875. The summed E-state index contributed by atoms with van der Waals surface area (Å²) in [7, 11) is 0. The van der Waals surface area contributed by atoms with Crippen LogP contribution in [0.2, 0.25) is 0 Å². The monoisotopic (exact) mass is 296 g/mol. The predicted molar refractivity (Wildman–Crippen MR) is 81.1 cm³/mol. The maximum Gasteiger partial charge on any atom is 0.317 e. The normalized spacial score (nSPS) is 30.0. The fourth-order valence-corrected chi connectivity index (χ4v) is 3.75. The van der Waals surface area contributed by atoms with Gasteiger partial charge in [-0.2, -0.15) is 0 Å². The highest BCUT2D eigenvalue weighted by atomic mass is 16.4. The van der Waals surface area contributed by atoms with E-state index in [4.69, 9.17) is 5.11 Å². The summed E-state index contributed by atoms with van der Waals surface area (Å²) >= 11 is 0. The van der Waals surface area contributed by atoms with Crippen molar-refractivity contribution in [3.05, 3.63) is 0 Å². The molecule has 3 atom stereocenters. The van der Waals surface area contributed by atoms with Gasteiger partial charge in [0.05, 0.1) is 0 Å². The third-order valence-corrected chi connectivity index (χ3v) is 4.86. The lowest BCUT2D eigenvalue weighted by Gasteiger charge is -2.33. The number of carbonyl (C=O) groups is 2. The molecule has 2 amide bonds. The number of urea groups is 1. The maximum absolute atomic E-state index is 12.2. The maximum atomic E-state index is 12.2. The summed E-state index contributed by atoms with van der Waals surface area (Å²) in [6.07, 6.45) is 7.00. The Hall–Kier alpha value is -1.26. The SMILES string of the molecule is CC1CCCC(CNC(=O)N2CCCC(CC(=O)O)C2)C1. The molecule has 5 heteroatoms. The van der Waals surface area contributed by atoms with E-state index >= 15 is 0 Å². The van der Waals surface area contributed by atoms with Crippen LogP contribution in [0.15, 0.2) is 0 Å². The van der Waals surface area contributed by atoms with E-state index in [-0.39, 0.29) is 18.4 Å². The van der Waals surface area contributed by atoms with Crippen LogP contribution in [0.5, 0.6) is 0 Å². The van der Waals surface area contributed by atoms with E-state index in [1.54, 1.807) is 4.90 Å². The molecular formula is C16H28N2O3. The largest absolute Gasteiger partial charge is 0.481 e. The van der Waals surface area contributed by atoms with E-state index in [0.717, 1.165) is 31.8 Å². The number of nitrogens with zero attached hydrogens (tertiary/aromatic N) is 1. The second kappa shape index (κ2) is 7.66. The van der Waals surface area contributed by atoms with Gasteiger partial charge in [0.15, 0.2) is 0 Å². The Labute approximate surface area is 127 Å². The van der Waals surface area contributed by atoms with Crippen LogP contribution in [0.1, 0.15) is 51.9 Å². The van der Waals surface area contributed by atoms with Crippen LogP contribution in [-0.4, -0.2) is 41.6 Å². The minimum atomic E-state index is -0.765. The number of rotatable bonds is 4. The number of hydrogen-bond acceptors (Lipinski definition) is 2. The number of nitrogens with one attached hydrogen (secondary N) is 1. The standard InChI is InChI=1S/C16H28N2O3/c1-12-4-2-5-13(8-12)10-17-16(21)18-7-3-6-14(11-18)9-15(19)20/h12-14H,2-11H2,1H3,(H,17,21)(H,19,20). The first kappa shape index (κ1) is 16.1. The Balaban J connectivity index is 1.73. The van der Waals surface area contributed by atoms with Gasteiger partial charge in [0, 0.05) is 26.1 Å². The van der Waals surface area contributed by atoms with E-state index in [0.29, 0.717) is 12.5 Å². The van der Waals surface area contributed by atoms with Crippen molar-refractivity contribution in [2.24, 2.45) is 17.8 Å². The van der Waals surface area contributed by atoms with Crippen LogP contribution in [0.3, 0.4) is 0 Å². The Morgan fingerprint density at radius 3 is 2.67 bits per heavy atom. The summed E-state index contributed by atoms with van der Waals surface area (Å²) in [5, 5.41) is 11.9. The molecule has 2 fully saturated rings. The number of carbonyl (C=O) groups excluding carboxylic acids is 1. The number of piperidine rings is 1. The molecule has 1 saturated carbocycles. The molecule has 0 aromatic rings. The van der Waals surface area contributed by atoms with Gasteiger partial charge < -0.3 is 15.3 Å². The van der Waals surface area contributed by atoms with E-state index in [2.05, 4.69) is 12.2 Å². The summed E-state index contributed by atoms with van der Waals surface area (Å²) in [6, 6.07) is -0.0108. The molecule has 1 aliphatic heterocycles. The molecular weight excluding hydrogens is 268 g/mol. The zero-order valence-electron chi connectivity index (χ0n) is 13.0. The third-order valence-electron chi connectivity index (χ3n) is 4.86. The average molecular weight is 296 g/mol. The first-order valence-electron chi connectivity index (χ1n) is 8.29. The molecule has 0 aromatic carbocycles. The summed E-state index contributed by atoms with van der Waals surface area (Å²) in [4.78, 5) is 24.8. The van der Waals surface area contributed by atoms with Gasteiger partial charge >= 0.3 is 12.0 Å². The first-order valence-corrected chi connectivity index (χ1v) is 8.29. The molecule has 3 unspecified atom stereocenters. The molecule has 0 spiro atoms. The van der Waals surface area contributed by atoms with E-state index in [1.807, 2.05) is 0 Å². The van der Waals surface area contributed by atoms with Crippen molar-refractivity contribution in [1.82, 2.24) is 10.2 Å². The average Bonchev–Trinajstić information content (AvgIpc) is 2.44. The number of carboxylic acids is 1. The minimum Gasteiger partial charge on any atom is -0.481 e. The summed E-state index contributed by atoms with van der Waals surface area (Å²) in [5.74, 6) is 0.725. The van der Waals surface area contributed by atoms with Crippen molar-refractivity contribution in [2.45, 2.75) is 51.9 Å². The molecule has 1 saturated heterocycles. The molecule has 0 aromatic heterocycles. The molecule has 2 aliphatic rings. The van der Waals surface area contributed by atoms with Gasteiger partial charge in [0.1, 0.15) is 0 Å². The summed E-state index contributed by atoms with van der Waals surface area (Å²) in [5.41, 5.74) is 0. The Kier molecular flexibility index (Phi) is 5.88. The molecule has 1 aliphatic carbocycles. The smallest absolute Gasteiger partial charge is 0.317 e. The van der Waals surface area contributed by atoms with Gasteiger partial charge in [0.2, 0.25) is 0 Å². The van der Waals surface area contributed by atoms with Crippen molar-refractivity contribution in [3.63, 3.8) is 0 Å². The summed E-state index contributed by atoms with van der Waals surface area (Å²) in [6.45, 7) is 4.39. The second-order valence-corrected chi connectivity index (χ2v) is 6.88. The second-order valence-electron chi connectivity index (χ2n) is 6.88. The van der Waals surface area contributed by atoms with Crippen molar-refractivity contribution in [1.29, 1.82) is 0 Å². The van der Waals surface area contributed by atoms with Gasteiger partial charge in [-0.25, -0.2) is 4.79 Å². The van der Waals surface area contributed by atoms with Crippen LogP contribution in [0.4, 0.5) is 4.79 Å².